The third-order valence-electron chi connectivity index (χ3n) is 5.93. The molecule has 11 heteroatoms. The minimum Gasteiger partial charge on any atom is -0.490 e. The molecule has 37 heavy (non-hydrogen) atoms. The number of nitrogens with zero attached hydrogens (tertiary/aromatic N) is 3. The molecule has 1 aliphatic rings. The highest BCUT2D eigenvalue weighted by molar-refractivity contribution is 7.22. The number of benzene rings is 2. The molecule has 1 saturated heterocycles. The molecule has 2 heterocycles. The lowest BCUT2D eigenvalue weighted by atomic mass is 10.1. The zero-order valence-corrected chi connectivity index (χ0v) is 22.1. The smallest absolute Gasteiger partial charge is 0.251 e. The Bertz CT molecular complexity index is 1200. The number of anilines is 1. The second-order valence-electron chi connectivity index (χ2n) is 8.42. The fraction of sp³-hybridized carbons (Fsp3) is 0.462. The van der Waals surface area contributed by atoms with Crippen LogP contribution in [0, 0.1) is 11.6 Å². The summed E-state index contributed by atoms with van der Waals surface area (Å²) in [7, 11) is 0. The Morgan fingerprint density at radius 3 is 2.24 bits per heavy atom. The van der Waals surface area contributed by atoms with E-state index in [-0.39, 0.29) is 11.4 Å². The lowest BCUT2D eigenvalue weighted by Gasteiger charge is -2.34. The van der Waals surface area contributed by atoms with E-state index < -0.39 is 11.6 Å². The Morgan fingerprint density at radius 2 is 1.62 bits per heavy atom. The molecule has 1 N–H and O–H groups in total. The summed E-state index contributed by atoms with van der Waals surface area (Å²) in [5, 5.41) is 3.67. The van der Waals surface area contributed by atoms with Crippen molar-refractivity contribution < 1.29 is 27.8 Å². The van der Waals surface area contributed by atoms with Crippen LogP contribution in [0.1, 0.15) is 31.1 Å². The molecule has 0 saturated carbocycles. The van der Waals surface area contributed by atoms with Crippen LogP contribution in [0.15, 0.2) is 24.3 Å². The zero-order valence-electron chi connectivity index (χ0n) is 21.3. The first-order valence-electron chi connectivity index (χ1n) is 12.5. The molecule has 8 nitrogen and oxygen atoms in total. The molecule has 0 unspecified atom stereocenters. The summed E-state index contributed by atoms with van der Waals surface area (Å²) in [5.74, 6) is 0.0127. The summed E-state index contributed by atoms with van der Waals surface area (Å²) in [6.07, 6.45) is 0. The molecule has 0 aliphatic carbocycles. The minimum atomic E-state index is -0.638. The van der Waals surface area contributed by atoms with Crippen molar-refractivity contribution in [2.45, 2.75) is 20.8 Å². The first kappa shape index (κ1) is 26.9. The van der Waals surface area contributed by atoms with Crippen LogP contribution in [0.25, 0.3) is 10.2 Å². The number of carbonyl (C=O) groups is 1. The lowest BCUT2D eigenvalue weighted by Crippen LogP contribution is -2.48. The summed E-state index contributed by atoms with van der Waals surface area (Å²) >= 11 is 1.30. The van der Waals surface area contributed by atoms with E-state index in [1.54, 1.807) is 12.1 Å². The predicted molar refractivity (Wildman–Crippen MR) is 140 cm³/mol. The normalized spacial score (nSPS) is 14.1. The lowest BCUT2D eigenvalue weighted by molar-refractivity contribution is 0.0946. The van der Waals surface area contributed by atoms with Crippen molar-refractivity contribution in [3.63, 3.8) is 0 Å². The van der Waals surface area contributed by atoms with Gasteiger partial charge in [0.1, 0.15) is 11.3 Å². The van der Waals surface area contributed by atoms with Gasteiger partial charge in [0.05, 0.1) is 24.5 Å². The highest BCUT2D eigenvalue weighted by Crippen LogP contribution is 2.39. The summed E-state index contributed by atoms with van der Waals surface area (Å²) in [5.41, 5.74) is 0.653. The standard InChI is InChI=1S/C26H32F2N4O4S/c1-4-34-20-13-17(14-21(35-5-2)24(20)36-6-3)25(33)29-7-8-31-9-11-32(12-10-31)26-30-23-19(28)15-18(27)16-22(23)37-26/h13-16H,4-12H2,1-3H3,(H,29,33). The number of hydrogen-bond donors (Lipinski definition) is 1. The van der Waals surface area contributed by atoms with Crippen molar-refractivity contribution in [2.75, 3.05) is 64.0 Å². The summed E-state index contributed by atoms with van der Waals surface area (Å²) < 4.78 is 45.1. The van der Waals surface area contributed by atoms with E-state index in [4.69, 9.17) is 14.2 Å². The number of amides is 1. The van der Waals surface area contributed by atoms with Gasteiger partial charge < -0.3 is 24.4 Å². The van der Waals surface area contributed by atoms with Crippen LogP contribution in [-0.2, 0) is 0 Å². The van der Waals surface area contributed by atoms with Crippen molar-refractivity contribution in [3.8, 4) is 17.2 Å². The molecule has 0 bridgehead atoms. The van der Waals surface area contributed by atoms with Gasteiger partial charge in [-0.15, -0.1) is 0 Å². The van der Waals surface area contributed by atoms with E-state index in [2.05, 4.69) is 20.1 Å². The van der Waals surface area contributed by atoms with Crippen molar-refractivity contribution in [3.05, 3.63) is 41.5 Å². The molecule has 0 radical (unpaired) electrons. The molecule has 1 amide bonds. The minimum absolute atomic E-state index is 0.209. The number of halogens is 2. The average Bonchev–Trinajstić information content (AvgIpc) is 3.31. The number of nitrogens with one attached hydrogen (secondary N) is 1. The number of ether oxygens (including phenoxy) is 3. The van der Waals surface area contributed by atoms with E-state index in [1.165, 1.54) is 17.4 Å². The molecule has 1 aromatic heterocycles. The van der Waals surface area contributed by atoms with Gasteiger partial charge in [0.2, 0.25) is 5.75 Å². The van der Waals surface area contributed by atoms with Gasteiger partial charge in [-0.05, 0) is 39.0 Å². The van der Waals surface area contributed by atoms with Gasteiger partial charge in [0, 0.05) is 50.9 Å². The van der Waals surface area contributed by atoms with Crippen LogP contribution >= 0.6 is 11.3 Å². The van der Waals surface area contributed by atoms with E-state index in [0.717, 1.165) is 19.2 Å². The maximum Gasteiger partial charge on any atom is 0.251 e. The van der Waals surface area contributed by atoms with E-state index >= 15 is 0 Å². The number of aromatic nitrogens is 1. The van der Waals surface area contributed by atoms with Gasteiger partial charge in [-0.1, -0.05) is 11.3 Å². The van der Waals surface area contributed by atoms with Gasteiger partial charge in [-0.2, -0.15) is 0 Å². The van der Waals surface area contributed by atoms with Gasteiger partial charge in [-0.3, -0.25) is 9.69 Å². The van der Waals surface area contributed by atoms with Crippen LogP contribution in [0.4, 0.5) is 13.9 Å². The van der Waals surface area contributed by atoms with Crippen molar-refractivity contribution in [1.82, 2.24) is 15.2 Å². The monoisotopic (exact) mass is 534 g/mol. The molecule has 3 aromatic rings. The number of piperazine rings is 1. The number of fused-ring (bicyclic) bond motifs is 1. The molecule has 4 rings (SSSR count). The number of rotatable bonds is 11. The first-order valence-corrected chi connectivity index (χ1v) is 13.3. The molecule has 200 valence electrons. The Hall–Kier alpha value is -3.18. The maximum atomic E-state index is 14.0. The fourth-order valence-corrected chi connectivity index (χ4v) is 5.25. The summed E-state index contributed by atoms with van der Waals surface area (Å²) in [6.45, 7) is 11.1. The van der Waals surface area contributed by atoms with Gasteiger partial charge in [-0.25, -0.2) is 13.8 Å². The second kappa shape index (κ2) is 12.4. The average molecular weight is 535 g/mol. The molecular formula is C26H32F2N4O4S. The SMILES string of the molecule is CCOc1cc(C(=O)NCCN2CCN(c3nc4c(F)cc(F)cc4s3)CC2)cc(OCC)c1OCC. The van der Waals surface area contributed by atoms with Crippen molar-refractivity contribution >= 4 is 32.6 Å². The Balaban J connectivity index is 1.31. The molecular weight excluding hydrogens is 502 g/mol. The number of carbonyl (C=O) groups excluding carboxylic acids is 1. The van der Waals surface area contributed by atoms with E-state index in [0.29, 0.717) is 78.6 Å². The number of hydrogen-bond acceptors (Lipinski definition) is 8. The highest BCUT2D eigenvalue weighted by Gasteiger charge is 2.22. The largest absolute Gasteiger partial charge is 0.490 e. The van der Waals surface area contributed by atoms with Crippen LogP contribution in [0.3, 0.4) is 0 Å². The molecule has 2 aromatic carbocycles. The van der Waals surface area contributed by atoms with Gasteiger partial charge in [0.15, 0.2) is 22.4 Å². The summed E-state index contributed by atoms with van der Waals surface area (Å²) in [4.78, 5) is 21.6. The maximum absolute atomic E-state index is 14.0. The second-order valence-corrected chi connectivity index (χ2v) is 9.43. The van der Waals surface area contributed by atoms with E-state index in [1.807, 2.05) is 20.8 Å². The Morgan fingerprint density at radius 1 is 0.973 bits per heavy atom. The Kier molecular flexibility index (Phi) is 8.99. The van der Waals surface area contributed by atoms with Gasteiger partial charge >= 0.3 is 0 Å². The zero-order chi connectivity index (χ0) is 26.4. The topological polar surface area (TPSA) is 76.2 Å². The predicted octanol–water partition coefficient (Wildman–Crippen LogP) is 4.32. The highest BCUT2D eigenvalue weighted by atomic mass is 32.1. The van der Waals surface area contributed by atoms with Crippen LogP contribution in [-0.4, -0.2) is 74.9 Å². The molecule has 0 spiro atoms. The Labute approximate surface area is 219 Å². The third-order valence-corrected chi connectivity index (χ3v) is 6.99. The number of thiazole rings is 1. The van der Waals surface area contributed by atoms with E-state index in [9.17, 15) is 13.6 Å². The molecule has 1 fully saturated rings. The first-order chi connectivity index (χ1) is 17.9. The quantitative estimate of drug-likeness (QED) is 0.393. The van der Waals surface area contributed by atoms with Crippen molar-refractivity contribution in [2.24, 2.45) is 0 Å². The molecule has 1 aliphatic heterocycles. The molecule has 0 atom stereocenters. The van der Waals surface area contributed by atoms with Crippen molar-refractivity contribution in [1.29, 1.82) is 0 Å². The van der Waals surface area contributed by atoms with Crippen LogP contribution in [0.5, 0.6) is 17.2 Å². The summed E-state index contributed by atoms with van der Waals surface area (Å²) in [6, 6.07) is 5.54. The van der Waals surface area contributed by atoms with Crippen LogP contribution < -0.4 is 24.4 Å². The third kappa shape index (κ3) is 6.40. The fourth-order valence-electron chi connectivity index (χ4n) is 4.19. The van der Waals surface area contributed by atoms with Crippen LogP contribution in [0.2, 0.25) is 0 Å². The van der Waals surface area contributed by atoms with Gasteiger partial charge in [0.25, 0.3) is 5.91 Å².